The van der Waals surface area contributed by atoms with Crippen LogP contribution in [0.1, 0.15) is 22.6 Å². The number of urea groups is 1. The quantitative estimate of drug-likeness (QED) is 0.335. The second-order valence-corrected chi connectivity index (χ2v) is 7.72. The first-order valence-electron chi connectivity index (χ1n) is 10.7. The van der Waals surface area contributed by atoms with Crippen LogP contribution >= 0.6 is 0 Å². The van der Waals surface area contributed by atoms with Gasteiger partial charge in [0, 0.05) is 48.4 Å². The predicted octanol–water partition coefficient (Wildman–Crippen LogP) is 5.14. The van der Waals surface area contributed by atoms with Crippen molar-refractivity contribution in [1.29, 1.82) is 0 Å². The molecule has 1 unspecified atom stereocenters. The summed E-state index contributed by atoms with van der Waals surface area (Å²) in [6.45, 7) is -0.860. The highest BCUT2D eigenvalue weighted by Crippen LogP contribution is 2.30. The number of aromatic amines is 1. The lowest BCUT2D eigenvalue weighted by Gasteiger charge is -2.18. The van der Waals surface area contributed by atoms with Crippen LogP contribution in [0.5, 0.6) is 5.88 Å². The number of benzene rings is 2. The molecule has 0 saturated carbocycles. The molecule has 6 nitrogen and oxygen atoms in total. The summed E-state index contributed by atoms with van der Waals surface area (Å²) in [5.41, 5.74) is 3.82. The number of carbonyl (C=O) groups is 1. The number of ether oxygens (including phenoxy) is 1. The van der Waals surface area contributed by atoms with Crippen molar-refractivity contribution in [2.45, 2.75) is 18.6 Å². The van der Waals surface area contributed by atoms with Crippen LogP contribution in [0.4, 0.5) is 18.0 Å². The Kier molecular flexibility index (Phi) is 7.01. The monoisotopic (exact) mass is 468 g/mol. The van der Waals surface area contributed by atoms with E-state index in [4.69, 9.17) is 0 Å². The summed E-state index contributed by atoms with van der Waals surface area (Å²) < 4.78 is 41.3. The van der Waals surface area contributed by atoms with Crippen molar-refractivity contribution in [1.82, 2.24) is 20.6 Å². The highest BCUT2D eigenvalue weighted by Gasteiger charge is 2.28. The highest BCUT2D eigenvalue weighted by atomic mass is 19.4. The number of aromatic nitrogens is 2. The van der Waals surface area contributed by atoms with Crippen molar-refractivity contribution in [3.8, 4) is 5.88 Å². The molecule has 0 saturated heterocycles. The van der Waals surface area contributed by atoms with Crippen molar-refractivity contribution in [2.24, 2.45) is 0 Å². The van der Waals surface area contributed by atoms with Gasteiger partial charge in [-0.15, -0.1) is 0 Å². The minimum Gasteiger partial charge on any atom is -0.468 e. The number of carbonyl (C=O) groups excluding carboxylic acids is 1. The van der Waals surface area contributed by atoms with E-state index >= 15 is 0 Å². The van der Waals surface area contributed by atoms with Gasteiger partial charge in [-0.25, -0.2) is 9.78 Å². The van der Waals surface area contributed by atoms with E-state index in [0.717, 1.165) is 22.0 Å². The number of para-hydroxylation sites is 1. The minimum absolute atomic E-state index is 0.0603. The van der Waals surface area contributed by atoms with Crippen molar-refractivity contribution < 1.29 is 22.7 Å². The lowest BCUT2D eigenvalue weighted by molar-refractivity contribution is -0.154. The third-order valence-corrected chi connectivity index (χ3v) is 5.30. The molecule has 2 heterocycles. The average Bonchev–Trinajstić information content (AvgIpc) is 3.26. The Labute approximate surface area is 194 Å². The van der Waals surface area contributed by atoms with Crippen molar-refractivity contribution in [2.75, 3.05) is 13.2 Å². The zero-order chi connectivity index (χ0) is 24.0. The van der Waals surface area contributed by atoms with Crippen LogP contribution in [-0.2, 0) is 6.54 Å². The molecule has 2 aromatic carbocycles. The summed E-state index contributed by atoms with van der Waals surface area (Å²) in [7, 11) is 0. The maximum Gasteiger partial charge on any atom is 0.422 e. The van der Waals surface area contributed by atoms with Gasteiger partial charge in [0.15, 0.2) is 6.61 Å². The third-order valence-electron chi connectivity index (χ3n) is 5.30. The van der Waals surface area contributed by atoms with Crippen LogP contribution in [0.3, 0.4) is 0 Å². The number of nitrogens with one attached hydrogen (secondary N) is 3. The van der Waals surface area contributed by atoms with Crippen LogP contribution in [0.15, 0.2) is 79.1 Å². The zero-order valence-corrected chi connectivity index (χ0v) is 18.1. The average molecular weight is 468 g/mol. The fourth-order valence-electron chi connectivity index (χ4n) is 3.67. The molecule has 0 aliphatic carbocycles. The van der Waals surface area contributed by atoms with E-state index < -0.39 is 12.8 Å². The molecule has 2 amide bonds. The number of H-pyrrole nitrogens is 1. The predicted molar refractivity (Wildman–Crippen MR) is 123 cm³/mol. The van der Waals surface area contributed by atoms with Gasteiger partial charge in [0.05, 0.1) is 0 Å². The van der Waals surface area contributed by atoms with E-state index in [-0.39, 0.29) is 24.4 Å². The summed E-state index contributed by atoms with van der Waals surface area (Å²) in [6, 6.07) is 20.5. The maximum absolute atomic E-state index is 12.5. The molecule has 4 aromatic rings. The van der Waals surface area contributed by atoms with E-state index in [0.29, 0.717) is 12.1 Å². The lowest BCUT2D eigenvalue weighted by Crippen LogP contribution is -2.37. The second-order valence-electron chi connectivity index (χ2n) is 7.72. The van der Waals surface area contributed by atoms with Crippen LogP contribution < -0.4 is 15.4 Å². The molecular weight excluding hydrogens is 445 g/mol. The zero-order valence-electron chi connectivity index (χ0n) is 18.1. The number of fused-ring (bicyclic) bond motifs is 1. The molecule has 0 radical (unpaired) electrons. The molecule has 2 aromatic heterocycles. The number of amides is 2. The molecule has 0 bridgehead atoms. The molecule has 0 fully saturated rings. The molecule has 4 rings (SSSR count). The SMILES string of the molecule is O=C(NCc1ccc(OCC(F)(F)F)nc1)NCC(c1ccccc1)c1c[nH]c2ccccc12. The molecule has 0 aliphatic rings. The van der Waals surface area contributed by atoms with Gasteiger partial charge >= 0.3 is 12.2 Å². The van der Waals surface area contributed by atoms with E-state index in [2.05, 4.69) is 25.3 Å². The fraction of sp³-hybridized carbons (Fsp3) is 0.200. The normalized spacial score (nSPS) is 12.3. The van der Waals surface area contributed by atoms with Crippen LogP contribution in [0, 0.1) is 0 Å². The molecule has 9 heteroatoms. The van der Waals surface area contributed by atoms with Gasteiger partial charge in [-0.2, -0.15) is 13.2 Å². The Hall–Kier alpha value is -4.01. The highest BCUT2D eigenvalue weighted by molar-refractivity contribution is 5.84. The second kappa shape index (κ2) is 10.3. The van der Waals surface area contributed by atoms with Gasteiger partial charge in [-0.3, -0.25) is 0 Å². The maximum atomic E-state index is 12.5. The lowest BCUT2D eigenvalue weighted by atomic mass is 9.91. The van der Waals surface area contributed by atoms with E-state index in [9.17, 15) is 18.0 Å². The first-order chi connectivity index (χ1) is 16.4. The number of pyridine rings is 1. The number of hydrogen-bond donors (Lipinski definition) is 3. The van der Waals surface area contributed by atoms with Crippen molar-refractivity contribution in [3.63, 3.8) is 0 Å². The summed E-state index contributed by atoms with van der Waals surface area (Å²) in [6.07, 6.45) is -1.09. The van der Waals surface area contributed by atoms with E-state index in [1.54, 1.807) is 6.07 Å². The minimum atomic E-state index is -4.43. The van der Waals surface area contributed by atoms with Gasteiger partial charge in [0.1, 0.15) is 0 Å². The largest absolute Gasteiger partial charge is 0.468 e. The Bertz CT molecular complexity index is 1220. The van der Waals surface area contributed by atoms with Gasteiger partial charge in [-0.05, 0) is 22.8 Å². The summed E-state index contributed by atoms with van der Waals surface area (Å²) >= 11 is 0. The Morgan fingerprint density at radius 2 is 1.76 bits per heavy atom. The molecule has 0 spiro atoms. The van der Waals surface area contributed by atoms with Gasteiger partial charge in [0.25, 0.3) is 0 Å². The summed E-state index contributed by atoms with van der Waals surface area (Å²) in [5.74, 6) is -0.190. The van der Waals surface area contributed by atoms with E-state index in [1.165, 1.54) is 12.3 Å². The number of hydrogen-bond acceptors (Lipinski definition) is 3. The van der Waals surface area contributed by atoms with Crippen LogP contribution in [-0.4, -0.2) is 35.3 Å². The Morgan fingerprint density at radius 1 is 1.00 bits per heavy atom. The van der Waals surface area contributed by atoms with Crippen LogP contribution in [0.25, 0.3) is 10.9 Å². The van der Waals surface area contributed by atoms with Crippen molar-refractivity contribution in [3.05, 3.63) is 95.8 Å². The fourth-order valence-corrected chi connectivity index (χ4v) is 3.67. The standard InChI is InChI=1S/C25H23F3N4O2/c26-25(27,28)16-34-23-11-10-17(12-30-23)13-31-24(33)32-14-20(18-6-2-1-3-7-18)21-15-29-22-9-5-4-8-19(21)22/h1-12,15,20,29H,13-14,16H2,(H2,31,32,33). The number of rotatable bonds is 8. The first-order valence-corrected chi connectivity index (χ1v) is 10.7. The number of halogens is 3. The van der Waals surface area contributed by atoms with Crippen molar-refractivity contribution >= 4 is 16.9 Å². The number of nitrogens with zero attached hydrogens (tertiary/aromatic N) is 1. The van der Waals surface area contributed by atoms with Gasteiger partial charge in [0.2, 0.25) is 5.88 Å². The molecule has 34 heavy (non-hydrogen) atoms. The molecular formula is C25H23F3N4O2. The van der Waals surface area contributed by atoms with E-state index in [1.807, 2.05) is 60.8 Å². The molecule has 1 atom stereocenters. The molecule has 0 aliphatic heterocycles. The third kappa shape index (κ3) is 6.06. The topological polar surface area (TPSA) is 79.0 Å². The van der Waals surface area contributed by atoms with Crippen LogP contribution in [0.2, 0.25) is 0 Å². The smallest absolute Gasteiger partial charge is 0.422 e. The molecule has 176 valence electrons. The van der Waals surface area contributed by atoms with Gasteiger partial charge in [-0.1, -0.05) is 54.6 Å². The number of alkyl halides is 3. The molecule has 3 N–H and O–H groups in total. The summed E-state index contributed by atoms with van der Waals surface area (Å²) in [5, 5.41) is 6.76. The Balaban J connectivity index is 1.36. The summed E-state index contributed by atoms with van der Waals surface area (Å²) in [4.78, 5) is 19.6. The first kappa shape index (κ1) is 23.2. The van der Waals surface area contributed by atoms with Gasteiger partial charge < -0.3 is 20.4 Å². The Morgan fingerprint density at radius 3 is 2.50 bits per heavy atom.